The number of aliphatic hydroxyl groups excluding tert-OH is 1. The highest BCUT2D eigenvalue weighted by Gasteiger charge is 2.56. The van der Waals surface area contributed by atoms with E-state index < -0.39 is 36.6 Å². The van der Waals surface area contributed by atoms with Gasteiger partial charge >= 0.3 is 0 Å². The Kier molecular flexibility index (Phi) is 2.75. The van der Waals surface area contributed by atoms with Crippen LogP contribution in [0.5, 0.6) is 0 Å². The molecule has 2 unspecified atom stereocenters. The summed E-state index contributed by atoms with van der Waals surface area (Å²) in [5, 5.41) is 9.54. The standard InChI is InChI=1S/C10H17FO4/c1-4-5(12)7-6(11)8-9(13-7)15-10(2,3)14-8/h5-9,12H,4H2,1-3H3/t5?,6-,7+,8?,9-/m0/s1. The summed E-state index contributed by atoms with van der Waals surface area (Å²) in [6.07, 6.45) is -3.92. The highest BCUT2D eigenvalue weighted by molar-refractivity contribution is 4.95. The van der Waals surface area contributed by atoms with E-state index in [1.807, 2.05) is 0 Å². The minimum Gasteiger partial charge on any atom is -0.390 e. The first-order valence-electron chi connectivity index (χ1n) is 5.28. The molecular formula is C10H17FO4. The van der Waals surface area contributed by atoms with E-state index in [2.05, 4.69) is 0 Å². The molecule has 15 heavy (non-hydrogen) atoms. The van der Waals surface area contributed by atoms with Crippen LogP contribution in [-0.2, 0) is 14.2 Å². The Morgan fingerprint density at radius 1 is 1.40 bits per heavy atom. The SMILES string of the molecule is CCC(O)[C@H]1O[C@H]2OC(C)(C)OC2[C@H]1F. The first-order valence-corrected chi connectivity index (χ1v) is 5.28. The number of hydrogen-bond donors (Lipinski definition) is 1. The summed E-state index contributed by atoms with van der Waals surface area (Å²) in [6, 6.07) is 0. The van der Waals surface area contributed by atoms with Crippen molar-refractivity contribution in [3.63, 3.8) is 0 Å². The second-order valence-electron chi connectivity index (χ2n) is 4.49. The van der Waals surface area contributed by atoms with Gasteiger partial charge < -0.3 is 19.3 Å². The van der Waals surface area contributed by atoms with Gasteiger partial charge in [0.1, 0.15) is 12.2 Å². The summed E-state index contributed by atoms with van der Waals surface area (Å²) in [4.78, 5) is 0. The molecule has 2 aliphatic rings. The molecule has 1 N–H and O–H groups in total. The second-order valence-corrected chi connectivity index (χ2v) is 4.49. The van der Waals surface area contributed by atoms with E-state index in [1.54, 1.807) is 20.8 Å². The molecule has 2 rings (SSSR count). The Morgan fingerprint density at radius 2 is 2.07 bits per heavy atom. The van der Waals surface area contributed by atoms with Crippen molar-refractivity contribution in [3.05, 3.63) is 0 Å². The first-order chi connectivity index (χ1) is 6.94. The normalized spacial score (nSPS) is 45.4. The Labute approximate surface area is 88.3 Å². The van der Waals surface area contributed by atoms with Crippen molar-refractivity contribution >= 4 is 0 Å². The van der Waals surface area contributed by atoms with E-state index in [9.17, 15) is 9.50 Å². The molecule has 0 aromatic heterocycles. The maximum Gasteiger partial charge on any atom is 0.190 e. The fraction of sp³-hybridized carbons (Fsp3) is 1.00. The maximum atomic E-state index is 13.8. The van der Waals surface area contributed by atoms with Crippen LogP contribution in [0.25, 0.3) is 0 Å². The molecule has 2 fully saturated rings. The number of hydrogen-bond acceptors (Lipinski definition) is 4. The average Bonchev–Trinajstić information content (AvgIpc) is 2.60. The monoisotopic (exact) mass is 220 g/mol. The lowest BCUT2D eigenvalue weighted by Gasteiger charge is -2.24. The van der Waals surface area contributed by atoms with E-state index in [-0.39, 0.29) is 0 Å². The summed E-state index contributed by atoms with van der Waals surface area (Å²) in [5.74, 6) is -0.804. The molecule has 0 aromatic rings. The molecule has 0 aliphatic carbocycles. The maximum absolute atomic E-state index is 13.8. The smallest absolute Gasteiger partial charge is 0.190 e. The lowest BCUT2D eigenvalue weighted by molar-refractivity contribution is -0.221. The predicted octanol–water partition coefficient (Wildman–Crippen LogP) is 0.972. The number of ether oxygens (including phenoxy) is 3. The quantitative estimate of drug-likeness (QED) is 0.753. The third-order valence-electron chi connectivity index (χ3n) is 2.80. The van der Waals surface area contributed by atoms with Gasteiger partial charge in [-0.25, -0.2) is 4.39 Å². The van der Waals surface area contributed by atoms with Gasteiger partial charge in [-0.15, -0.1) is 0 Å². The van der Waals surface area contributed by atoms with Crippen LogP contribution in [0, 0.1) is 0 Å². The molecule has 0 spiro atoms. The lowest BCUT2D eigenvalue weighted by atomic mass is 10.1. The molecule has 88 valence electrons. The number of alkyl halides is 1. The average molecular weight is 220 g/mol. The molecule has 5 atom stereocenters. The van der Waals surface area contributed by atoms with Crippen molar-refractivity contribution in [2.75, 3.05) is 0 Å². The van der Waals surface area contributed by atoms with Gasteiger partial charge in [-0.05, 0) is 20.3 Å². The Morgan fingerprint density at radius 3 is 2.60 bits per heavy atom. The fourth-order valence-corrected chi connectivity index (χ4v) is 2.03. The number of halogens is 1. The molecule has 2 aliphatic heterocycles. The molecule has 0 radical (unpaired) electrons. The largest absolute Gasteiger partial charge is 0.390 e. The predicted molar refractivity (Wildman–Crippen MR) is 49.9 cm³/mol. The van der Waals surface area contributed by atoms with Crippen LogP contribution in [0.2, 0.25) is 0 Å². The third-order valence-corrected chi connectivity index (χ3v) is 2.80. The van der Waals surface area contributed by atoms with Crippen molar-refractivity contribution in [2.45, 2.75) is 63.8 Å². The fourth-order valence-electron chi connectivity index (χ4n) is 2.03. The number of rotatable bonds is 2. The van der Waals surface area contributed by atoms with Crippen LogP contribution >= 0.6 is 0 Å². The van der Waals surface area contributed by atoms with Crippen molar-refractivity contribution in [1.29, 1.82) is 0 Å². The van der Waals surface area contributed by atoms with Crippen molar-refractivity contribution in [3.8, 4) is 0 Å². The lowest BCUT2D eigenvalue weighted by Crippen LogP contribution is -2.38. The van der Waals surface area contributed by atoms with Gasteiger partial charge in [0.05, 0.1) is 6.10 Å². The molecule has 0 bridgehead atoms. The van der Waals surface area contributed by atoms with Crippen molar-refractivity contribution < 1.29 is 23.7 Å². The molecule has 5 heteroatoms. The van der Waals surface area contributed by atoms with E-state index in [4.69, 9.17) is 14.2 Å². The molecule has 2 saturated heterocycles. The van der Waals surface area contributed by atoms with E-state index in [0.717, 1.165) is 0 Å². The van der Waals surface area contributed by atoms with Gasteiger partial charge in [-0.1, -0.05) is 6.92 Å². The van der Waals surface area contributed by atoms with Crippen LogP contribution in [0.15, 0.2) is 0 Å². The van der Waals surface area contributed by atoms with E-state index in [1.165, 1.54) is 0 Å². The number of fused-ring (bicyclic) bond motifs is 1. The molecule has 0 saturated carbocycles. The Bertz CT molecular complexity index is 246. The van der Waals surface area contributed by atoms with Gasteiger partial charge in [0.25, 0.3) is 0 Å². The van der Waals surface area contributed by atoms with Gasteiger partial charge in [0, 0.05) is 0 Å². The zero-order chi connectivity index (χ0) is 11.2. The third kappa shape index (κ3) is 1.89. The molecular weight excluding hydrogens is 203 g/mol. The van der Waals surface area contributed by atoms with Crippen LogP contribution in [0.1, 0.15) is 27.2 Å². The van der Waals surface area contributed by atoms with Gasteiger partial charge in [0.15, 0.2) is 18.2 Å². The topological polar surface area (TPSA) is 47.9 Å². The van der Waals surface area contributed by atoms with Crippen molar-refractivity contribution in [2.24, 2.45) is 0 Å². The minimum absolute atomic E-state index is 0.452. The van der Waals surface area contributed by atoms with Crippen LogP contribution in [-0.4, -0.2) is 41.7 Å². The zero-order valence-corrected chi connectivity index (χ0v) is 9.14. The van der Waals surface area contributed by atoms with Gasteiger partial charge in [-0.3, -0.25) is 0 Å². The Balaban J connectivity index is 2.05. The number of aliphatic hydroxyl groups is 1. The summed E-state index contributed by atoms with van der Waals surface area (Å²) in [6.45, 7) is 5.21. The second kappa shape index (κ2) is 3.66. The highest BCUT2D eigenvalue weighted by atomic mass is 19.1. The zero-order valence-electron chi connectivity index (χ0n) is 9.14. The summed E-state index contributed by atoms with van der Waals surface area (Å²) in [5.41, 5.74) is 0. The minimum atomic E-state index is -1.33. The summed E-state index contributed by atoms with van der Waals surface area (Å²) >= 11 is 0. The molecule has 0 amide bonds. The highest BCUT2D eigenvalue weighted by Crippen LogP contribution is 2.39. The Hall–Kier alpha value is -0.230. The summed E-state index contributed by atoms with van der Waals surface area (Å²) in [7, 11) is 0. The summed E-state index contributed by atoms with van der Waals surface area (Å²) < 4.78 is 29.9. The van der Waals surface area contributed by atoms with Gasteiger partial charge in [0.2, 0.25) is 0 Å². The van der Waals surface area contributed by atoms with Crippen molar-refractivity contribution in [1.82, 2.24) is 0 Å². The van der Waals surface area contributed by atoms with Crippen LogP contribution in [0.3, 0.4) is 0 Å². The van der Waals surface area contributed by atoms with Gasteiger partial charge in [-0.2, -0.15) is 0 Å². The molecule has 0 aromatic carbocycles. The van der Waals surface area contributed by atoms with Crippen LogP contribution < -0.4 is 0 Å². The molecule has 2 heterocycles. The van der Waals surface area contributed by atoms with E-state index in [0.29, 0.717) is 6.42 Å². The van der Waals surface area contributed by atoms with E-state index >= 15 is 0 Å². The van der Waals surface area contributed by atoms with Crippen LogP contribution in [0.4, 0.5) is 4.39 Å². The molecule has 4 nitrogen and oxygen atoms in total. The first kappa shape index (κ1) is 11.3.